The molecule has 3 aromatic rings. The van der Waals surface area contributed by atoms with E-state index in [2.05, 4.69) is 0 Å². The van der Waals surface area contributed by atoms with Crippen LogP contribution in [0.15, 0.2) is 42.6 Å². The van der Waals surface area contributed by atoms with Crippen LogP contribution in [0.4, 0.5) is 13.2 Å². The number of rotatable bonds is 5. The van der Waals surface area contributed by atoms with Crippen molar-refractivity contribution in [1.82, 2.24) is 9.30 Å². The molecule has 0 bridgehead atoms. The maximum absolute atomic E-state index is 12.8. The van der Waals surface area contributed by atoms with Gasteiger partial charge >= 0.3 is 12.1 Å². The molecule has 2 aromatic heterocycles. The number of pyridine rings is 1. The first-order valence-electron chi connectivity index (χ1n) is 8.16. The molecule has 0 saturated heterocycles. The highest BCUT2D eigenvalue weighted by molar-refractivity contribution is 6.13. The summed E-state index contributed by atoms with van der Waals surface area (Å²) in [7, 11) is 3.69. The zero-order chi connectivity index (χ0) is 19.8. The number of Topliss-reactive ketones (excluding diaryl/α,β-unsaturated/α-hetero) is 1. The number of halogens is 3. The number of aromatic nitrogens is 1. The SMILES string of the molecule is CN(C)CCOC(=O)c1c2ccc(C(=O)C(F)(F)F)cc2n2ccccc12. The van der Waals surface area contributed by atoms with Crippen molar-refractivity contribution in [3.05, 3.63) is 53.7 Å². The molecule has 1 aromatic carbocycles. The average molecular weight is 378 g/mol. The monoisotopic (exact) mass is 378 g/mol. The fourth-order valence-corrected chi connectivity index (χ4v) is 2.85. The Bertz CT molecular complexity index is 1020. The molecule has 3 rings (SSSR count). The third-order valence-electron chi connectivity index (χ3n) is 4.14. The summed E-state index contributed by atoms with van der Waals surface area (Å²) in [4.78, 5) is 26.0. The van der Waals surface area contributed by atoms with Crippen LogP contribution in [-0.4, -0.2) is 54.5 Å². The minimum Gasteiger partial charge on any atom is -0.461 e. The zero-order valence-corrected chi connectivity index (χ0v) is 14.7. The number of ether oxygens (including phenoxy) is 1. The van der Waals surface area contributed by atoms with Gasteiger partial charge in [0.15, 0.2) is 0 Å². The summed E-state index contributed by atoms with van der Waals surface area (Å²) in [5, 5.41) is 0.426. The molecule has 8 heteroatoms. The summed E-state index contributed by atoms with van der Waals surface area (Å²) in [6, 6.07) is 8.65. The lowest BCUT2D eigenvalue weighted by molar-refractivity contribution is -0.0885. The van der Waals surface area contributed by atoms with Gasteiger partial charge in [0.05, 0.1) is 16.6 Å². The molecular weight excluding hydrogens is 361 g/mol. The van der Waals surface area contributed by atoms with Crippen LogP contribution in [0.1, 0.15) is 20.7 Å². The van der Waals surface area contributed by atoms with E-state index in [-0.39, 0.29) is 12.2 Å². The van der Waals surface area contributed by atoms with Crippen molar-refractivity contribution >= 4 is 28.2 Å². The highest BCUT2D eigenvalue weighted by Gasteiger charge is 2.39. The van der Waals surface area contributed by atoms with Crippen LogP contribution in [-0.2, 0) is 4.74 Å². The molecule has 0 aliphatic rings. The van der Waals surface area contributed by atoms with E-state index in [0.717, 1.165) is 12.1 Å². The summed E-state index contributed by atoms with van der Waals surface area (Å²) in [5.74, 6) is -2.49. The molecule has 0 spiro atoms. The minimum absolute atomic E-state index is 0.183. The Balaban J connectivity index is 2.11. The highest BCUT2D eigenvalue weighted by Crippen LogP contribution is 2.30. The van der Waals surface area contributed by atoms with Crippen LogP contribution >= 0.6 is 0 Å². The number of carbonyl (C=O) groups is 2. The standard InChI is InChI=1S/C19H17F3N2O3/c1-23(2)9-10-27-18(26)16-13-7-6-12(17(25)19(20,21)22)11-15(13)24-8-4-3-5-14(16)24/h3-8,11H,9-10H2,1-2H3. The second-order valence-electron chi connectivity index (χ2n) is 6.33. The maximum Gasteiger partial charge on any atom is 0.454 e. The summed E-state index contributed by atoms with van der Waals surface area (Å²) < 4.78 is 45.1. The fourth-order valence-electron chi connectivity index (χ4n) is 2.85. The van der Waals surface area contributed by atoms with E-state index in [1.807, 2.05) is 19.0 Å². The lowest BCUT2D eigenvalue weighted by atomic mass is 10.1. The molecular formula is C19H17F3N2O3. The number of benzene rings is 1. The first-order chi connectivity index (χ1) is 12.7. The van der Waals surface area contributed by atoms with Crippen LogP contribution in [0.25, 0.3) is 16.4 Å². The topological polar surface area (TPSA) is 51.0 Å². The van der Waals surface area contributed by atoms with Crippen molar-refractivity contribution in [3.8, 4) is 0 Å². The fraction of sp³-hybridized carbons (Fsp3) is 0.263. The van der Waals surface area contributed by atoms with E-state index in [1.165, 1.54) is 6.07 Å². The van der Waals surface area contributed by atoms with E-state index in [9.17, 15) is 22.8 Å². The van der Waals surface area contributed by atoms with E-state index >= 15 is 0 Å². The van der Waals surface area contributed by atoms with Gasteiger partial charge in [-0.1, -0.05) is 18.2 Å². The van der Waals surface area contributed by atoms with Gasteiger partial charge in [-0.2, -0.15) is 13.2 Å². The average Bonchev–Trinajstić information content (AvgIpc) is 2.93. The number of alkyl halides is 3. The second-order valence-corrected chi connectivity index (χ2v) is 6.33. The van der Waals surface area contributed by atoms with Crippen molar-refractivity contribution < 1.29 is 27.5 Å². The molecule has 0 amide bonds. The Morgan fingerprint density at radius 1 is 1.11 bits per heavy atom. The van der Waals surface area contributed by atoms with Gasteiger partial charge in [-0.25, -0.2) is 4.79 Å². The van der Waals surface area contributed by atoms with E-state index < -0.39 is 23.5 Å². The Kier molecular flexibility index (Phi) is 4.93. The Labute approximate surface area is 152 Å². The van der Waals surface area contributed by atoms with Gasteiger partial charge in [-0.15, -0.1) is 0 Å². The van der Waals surface area contributed by atoms with Gasteiger partial charge in [0.1, 0.15) is 6.61 Å². The van der Waals surface area contributed by atoms with Crippen molar-refractivity contribution in [2.45, 2.75) is 6.18 Å². The molecule has 0 saturated carbocycles. The number of likely N-dealkylation sites (N-methyl/N-ethyl adjacent to an activating group) is 1. The Morgan fingerprint density at radius 3 is 2.52 bits per heavy atom. The van der Waals surface area contributed by atoms with Gasteiger partial charge < -0.3 is 14.0 Å². The molecule has 27 heavy (non-hydrogen) atoms. The summed E-state index contributed by atoms with van der Waals surface area (Å²) >= 11 is 0. The van der Waals surface area contributed by atoms with Crippen molar-refractivity contribution in [1.29, 1.82) is 0 Å². The van der Waals surface area contributed by atoms with Gasteiger partial charge in [0, 0.05) is 23.7 Å². The normalized spacial score (nSPS) is 12.1. The van der Waals surface area contributed by atoms with Gasteiger partial charge in [0.2, 0.25) is 0 Å². The molecule has 0 fully saturated rings. The zero-order valence-electron chi connectivity index (χ0n) is 14.7. The largest absolute Gasteiger partial charge is 0.461 e. The van der Waals surface area contributed by atoms with Crippen LogP contribution in [0, 0.1) is 0 Å². The number of nitrogens with zero attached hydrogens (tertiary/aromatic N) is 2. The number of hydrogen-bond donors (Lipinski definition) is 0. The Hall–Kier alpha value is -2.87. The predicted octanol–water partition coefficient (Wildman–Crippen LogP) is 3.56. The van der Waals surface area contributed by atoms with Crippen molar-refractivity contribution in [3.63, 3.8) is 0 Å². The number of ketones is 1. The first-order valence-corrected chi connectivity index (χ1v) is 8.16. The molecule has 0 N–H and O–H groups in total. The third-order valence-corrected chi connectivity index (χ3v) is 4.14. The molecule has 142 valence electrons. The molecule has 0 aliphatic carbocycles. The molecule has 2 heterocycles. The predicted molar refractivity (Wildman–Crippen MR) is 94.1 cm³/mol. The van der Waals surface area contributed by atoms with Crippen LogP contribution in [0.3, 0.4) is 0 Å². The lowest BCUT2D eigenvalue weighted by Crippen LogP contribution is -2.22. The number of carbonyl (C=O) groups excluding carboxylic acids is 2. The van der Waals surface area contributed by atoms with Gasteiger partial charge in [-0.3, -0.25) is 4.79 Å². The van der Waals surface area contributed by atoms with Crippen LogP contribution in [0.2, 0.25) is 0 Å². The smallest absolute Gasteiger partial charge is 0.454 e. The number of esters is 1. The first kappa shape index (κ1) is 18.9. The van der Waals surface area contributed by atoms with E-state index in [1.54, 1.807) is 28.8 Å². The summed E-state index contributed by atoms with van der Waals surface area (Å²) in [6.07, 6.45) is -3.34. The molecule has 0 atom stereocenters. The number of fused-ring (bicyclic) bond motifs is 3. The van der Waals surface area contributed by atoms with Crippen LogP contribution < -0.4 is 0 Å². The molecule has 0 unspecified atom stereocenters. The summed E-state index contributed by atoms with van der Waals surface area (Å²) in [5.41, 5.74) is 0.611. The molecule has 5 nitrogen and oxygen atoms in total. The van der Waals surface area contributed by atoms with Crippen molar-refractivity contribution in [2.24, 2.45) is 0 Å². The molecule has 0 aliphatic heterocycles. The highest BCUT2D eigenvalue weighted by atomic mass is 19.4. The quantitative estimate of drug-likeness (QED) is 0.503. The summed E-state index contributed by atoms with van der Waals surface area (Å²) in [6.45, 7) is 0.724. The number of hydrogen-bond acceptors (Lipinski definition) is 4. The second kappa shape index (κ2) is 7.03. The van der Waals surface area contributed by atoms with Gasteiger partial charge in [-0.05, 0) is 32.3 Å². The van der Waals surface area contributed by atoms with E-state index in [4.69, 9.17) is 4.74 Å². The third kappa shape index (κ3) is 3.66. The van der Waals surface area contributed by atoms with Gasteiger partial charge in [0.25, 0.3) is 5.78 Å². The van der Waals surface area contributed by atoms with Crippen molar-refractivity contribution in [2.75, 3.05) is 27.2 Å². The van der Waals surface area contributed by atoms with Crippen LogP contribution in [0.5, 0.6) is 0 Å². The maximum atomic E-state index is 12.8. The Morgan fingerprint density at radius 2 is 1.85 bits per heavy atom. The lowest BCUT2D eigenvalue weighted by Gasteiger charge is -2.10. The molecule has 0 radical (unpaired) electrons. The van der Waals surface area contributed by atoms with E-state index in [0.29, 0.717) is 23.0 Å². The minimum atomic E-state index is -4.96.